The average Bonchev–Trinajstić information content (AvgIpc) is 2.91. The fourth-order valence-electron chi connectivity index (χ4n) is 6.46. The predicted molar refractivity (Wildman–Crippen MR) is 167 cm³/mol. The van der Waals surface area contributed by atoms with E-state index in [9.17, 15) is 10.2 Å². The molecular weight excluding hydrogens is 544 g/mol. The van der Waals surface area contributed by atoms with Crippen molar-refractivity contribution in [3.63, 3.8) is 0 Å². The topological polar surface area (TPSA) is 129 Å². The first-order chi connectivity index (χ1) is 20.2. The number of fused-ring (bicyclic) bond motifs is 2. The van der Waals surface area contributed by atoms with Crippen molar-refractivity contribution in [3.05, 3.63) is 82.9 Å². The molecule has 1 spiro atoms. The monoisotopic (exact) mass is 582 g/mol. The second-order valence-electron chi connectivity index (χ2n) is 13.0. The van der Waals surface area contributed by atoms with Crippen LogP contribution in [0.1, 0.15) is 62.8 Å². The van der Waals surface area contributed by atoms with Gasteiger partial charge in [0.15, 0.2) is 0 Å². The third kappa shape index (κ3) is 4.90. The molecule has 0 unspecified atom stereocenters. The number of aromatic hydroxyl groups is 2. The predicted octanol–water partition coefficient (Wildman–Crippen LogP) is 7.98. The van der Waals surface area contributed by atoms with Gasteiger partial charge in [0.05, 0.1) is 11.4 Å². The van der Waals surface area contributed by atoms with Crippen LogP contribution < -0.4 is 30.4 Å². The number of nitrogens with two attached hydrogens (primary N) is 2. The lowest BCUT2D eigenvalue weighted by molar-refractivity contribution is -0.167. The molecule has 8 nitrogen and oxygen atoms in total. The quantitative estimate of drug-likeness (QED) is 0.141. The SMILES string of the molecule is Cc1c(Oc2ccc(N)c(O)c2)ccc2c1OC1(CC2(C)C)CC(C)(C)c2ccc(Oc3ccc(N)c(O)c3)c(C)c2O1. The van der Waals surface area contributed by atoms with Crippen molar-refractivity contribution in [3.8, 4) is 46.0 Å². The molecule has 0 saturated heterocycles. The van der Waals surface area contributed by atoms with Crippen molar-refractivity contribution < 1.29 is 29.2 Å². The van der Waals surface area contributed by atoms with Crippen LogP contribution in [0.5, 0.6) is 46.0 Å². The second kappa shape index (κ2) is 9.66. The summed E-state index contributed by atoms with van der Waals surface area (Å²) in [6.07, 6.45) is 1.27. The molecule has 4 aromatic carbocycles. The molecule has 6 rings (SSSR count). The molecule has 0 aromatic heterocycles. The first-order valence-electron chi connectivity index (χ1n) is 14.4. The second-order valence-corrected chi connectivity index (χ2v) is 13.0. The number of rotatable bonds is 4. The minimum Gasteiger partial charge on any atom is -0.506 e. The Kier molecular flexibility index (Phi) is 6.38. The Bertz CT molecular complexity index is 1630. The molecule has 0 atom stereocenters. The molecule has 0 saturated carbocycles. The Morgan fingerprint density at radius 3 is 1.40 bits per heavy atom. The van der Waals surface area contributed by atoms with Crippen LogP contribution in [-0.4, -0.2) is 16.0 Å². The molecule has 0 radical (unpaired) electrons. The minimum atomic E-state index is -0.946. The summed E-state index contributed by atoms with van der Waals surface area (Å²) in [7, 11) is 0. The molecule has 8 heteroatoms. The molecule has 4 aromatic rings. The highest BCUT2D eigenvalue weighted by Gasteiger charge is 2.54. The molecular formula is C35H38N2O6. The molecule has 0 aliphatic carbocycles. The van der Waals surface area contributed by atoms with Crippen molar-refractivity contribution in [2.24, 2.45) is 0 Å². The number of hydrogen-bond acceptors (Lipinski definition) is 8. The molecule has 0 amide bonds. The summed E-state index contributed by atoms with van der Waals surface area (Å²) in [5.41, 5.74) is 15.4. The van der Waals surface area contributed by atoms with Gasteiger partial charge in [-0.2, -0.15) is 0 Å². The van der Waals surface area contributed by atoms with Crippen molar-refractivity contribution in [2.75, 3.05) is 11.5 Å². The van der Waals surface area contributed by atoms with E-state index in [1.807, 2.05) is 38.1 Å². The number of phenols is 2. The zero-order valence-corrected chi connectivity index (χ0v) is 25.4. The van der Waals surface area contributed by atoms with Gasteiger partial charge in [0, 0.05) is 58.1 Å². The van der Waals surface area contributed by atoms with E-state index in [1.165, 1.54) is 12.1 Å². The van der Waals surface area contributed by atoms with E-state index >= 15 is 0 Å². The Morgan fingerprint density at radius 2 is 1.02 bits per heavy atom. The lowest BCUT2D eigenvalue weighted by atomic mass is 9.68. The molecule has 0 bridgehead atoms. The number of anilines is 2. The highest BCUT2D eigenvalue weighted by molar-refractivity contribution is 5.60. The summed E-state index contributed by atoms with van der Waals surface area (Å²) in [6.45, 7) is 12.8. The van der Waals surface area contributed by atoms with E-state index in [0.29, 0.717) is 35.8 Å². The van der Waals surface area contributed by atoms with Gasteiger partial charge in [0.25, 0.3) is 5.79 Å². The normalized spacial score (nSPS) is 17.3. The lowest BCUT2D eigenvalue weighted by Crippen LogP contribution is -2.56. The summed E-state index contributed by atoms with van der Waals surface area (Å²) in [6, 6.07) is 17.6. The first kappa shape index (κ1) is 28.4. The van der Waals surface area contributed by atoms with Gasteiger partial charge in [-0.1, -0.05) is 39.8 Å². The van der Waals surface area contributed by atoms with Crippen LogP contribution in [0, 0.1) is 13.8 Å². The van der Waals surface area contributed by atoms with Crippen LogP contribution in [0.25, 0.3) is 0 Å². The van der Waals surface area contributed by atoms with E-state index in [1.54, 1.807) is 24.3 Å². The first-order valence-corrected chi connectivity index (χ1v) is 14.4. The van der Waals surface area contributed by atoms with Gasteiger partial charge in [-0.3, -0.25) is 0 Å². The minimum absolute atomic E-state index is 0.0344. The third-order valence-electron chi connectivity index (χ3n) is 8.63. The van der Waals surface area contributed by atoms with E-state index in [4.69, 9.17) is 30.4 Å². The van der Waals surface area contributed by atoms with Gasteiger partial charge in [-0.25, -0.2) is 0 Å². The average molecular weight is 583 g/mol. The van der Waals surface area contributed by atoms with Crippen LogP contribution in [-0.2, 0) is 10.8 Å². The summed E-state index contributed by atoms with van der Waals surface area (Å²) in [5.74, 6) is 2.63. The highest BCUT2D eigenvalue weighted by Crippen LogP contribution is 2.56. The lowest BCUT2D eigenvalue weighted by Gasteiger charge is -2.52. The number of nitrogen functional groups attached to an aromatic ring is 2. The van der Waals surface area contributed by atoms with Crippen LogP contribution in [0.4, 0.5) is 11.4 Å². The Balaban J connectivity index is 1.38. The van der Waals surface area contributed by atoms with Gasteiger partial charge < -0.3 is 40.6 Å². The van der Waals surface area contributed by atoms with Crippen LogP contribution in [0.3, 0.4) is 0 Å². The van der Waals surface area contributed by atoms with E-state index in [2.05, 4.69) is 27.7 Å². The number of ether oxygens (including phenoxy) is 4. The van der Waals surface area contributed by atoms with Gasteiger partial charge in [0.2, 0.25) is 0 Å². The molecule has 2 aliphatic rings. The molecule has 6 N–H and O–H groups in total. The summed E-state index contributed by atoms with van der Waals surface area (Å²) < 4.78 is 26.2. The standard InChI is InChI=1S/C35H38N2O6/c1-19-29(40-21-7-11-25(36)27(38)15-21)13-9-23-31(19)42-35(17-33(23,3)4)18-34(5,6)24-10-14-30(20(2)32(24)43-35)41-22-8-12-26(37)28(39)16-22/h7-16,38-39H,17-18,36-37H2,1-6H3. The Labute approximate surface area is 251 Å². The third-order valence-corrected chi connectivity index (χ3v) is 8.63. The fraction of sp³-hybridized carbons (Fsp3) is 0.314. The van der Waals surface area contributed by atoms with Crippen molar-refractivity contribution in [1.29, 1.82) is 0 Å². The maximum Gasteiger partial charge on any atom is 0.253 e. The Morgan fingerprint density at radius 1 is 0.628 bits per heavy atom. The number of phenolic OH excluding ortho intramolecular Hbond substituents is 2. The molecule has 43 heavy (non-hydrogen) atoms. The van der Waals surface area contributed by atoms with E-state index in [-0.39, 0.29) is 33.7 Å². The van der Waals surface area contributed by atoms with Gasteiger partial charge in [-0.15, -0.1) is 0 Å². The largest absolute Gasteiger partial charge is 0.506 e. The maximum atomic E-state index is 10.1. The number of benzene rings is 4. The molecule has 224 valence electrons. The maximum absolute atomic E-state index is 10.1. The number of hydrogen-bond donors (Lipinski definition) is 4. The van der Waals surface area contributed by atoms with Crippen LogP contribution in [0.15, 0.2) is 60.7 Å². The summed E-state index contributed by atoms with van der Waals surface area (Å²) in [4.78, 5) is 0. The van der Waals surface area contributed by atoms with E-state index in [0.717, 1.165) is 33.8 Å². The summed E-state index contributed by atoms with van der Waals surface area (Å²) >= 11 is 0. The molecule has 0 fully saturated rings. The van der Waals surface area contributed by atoms with Crippen molar-refractivity contribution in [2.45, 2.75) is 71.0 Å². The van der Waals surface area contributed by atoms with Gasteiger partial charge in [-0.05, 0) is 50.2 Å². The van der Waals surface area contributed by atoms with Crippen LogP contribution in [0.2, 0.25) is 0 Å². The van der Waals surface area contributed by atoms with Gasteiger partial charge >= 0.3 is 0 Å². The molecule has 2 heterocycles. The van der Waals surface area contributed by atoms with Gasteiger partial charge in [0.1, 0.15) is 46.0 Å². The smallest absolute Gasteiger partial charge is 0.253 e. The zero-order valence-electron chi connectivity index (χ0n) is 25.4. The van der Waals surface area contributed by atoms with E-state index < -0.39 is 5.79 Å². The van der Waals surface area contributed by atoms with Crippen LogP contribution >= 0.6 is 0 Å². The van der Waals surface area contributed by atoms with Crippen molar-refractivity contribution >= 4 is 11.4 Å². The zero-order chi connectivity index (χ0) is 30.9. The fourth-order valence-corrected chi connectivity index (χ4v) is 6.46. The Hall–Kier alpha value is -4.72. The highest BCUT2D eigenvalue weighted by atomic mass is 16.7. The van der Waals surface area contributed by atoms with Crippen molar-refractivity contribution in [1.82, 2.24) is 0 Å². The summed E-state index contributed by atoms with van der Waals surface area (Å²) in [5, 5.41) is 20.2. The molecule has 2 aliphatic heterocycles.